The minimum absolute atomic E-state index is 0.0348. The van der Waals surface area contributed by atoms with Gasteiger partial charge in [-0.15, -0.1) is 11.3 Å². The van der Waals surface area contributed by atoms with Crippen molar-refractivity contribution in [3.05, 3.63) is 45.8 Å². The van der Waals surface area contributed by atoms with Gasteiger partial charge >= 0.3 is 0 Å². The highest BCUT2D eigenvalue weighted by atomic mass is 32.1. The van der Waals surface area contributed by atoms with Gasteiger partial charge in [0.1, 0.15) is 5.82 Å². The highest BCUT2D eigenvalue weighted by molar-refractivity contribution is 7.10. The first-order chi connectivity index (χ1) is 9.82. The maximum absolute atomic E-state index is 9.51. The van der Waals surface area contributed by atoms with Crippen molar-refractivity contribution in [2.75, 3.05) is 11.9 Å². The third-order valence-electron chi connectivity index (χ3n) is 3.72. The monoisotopic (exact) mass is 304 g/mol. The molecule has 0 aliphatic heterocycles. The maximum Gasteiger partial charge on any atom is 0.129 e. The van der Waals surface area contributed by atoms with Crippen LogP contribution in [0.2, 0.25) is 0 Å². The molecular weight excluding hydrogens is 280 g/mol. The lowest BCUT2D eigenvalue weighted by Gasteiger charge is -2.28. The summed E-state index contributed by atoms with van der Waals surface area (Å²) in [6.07, 6.45) is 0. The number of rotatable bonds is 4. The van der Waals surface area contributed by atoms with Gasteiger partial charge in [-0.1, -0.05) is 26.8 Å². The van der Waals surface area contributed by atoms with Crippen molar-refractivity contribution in [1.29, 1.82) is 0 Å². The maximum atomic E-state index is 9.51. The molecule has 2 aromatic heterocycles. The molecule has 0 saturated carbocycles. The highest BCUT2D eigenvalue weighted by Gasteiger charge is 2.20. The Morgan fingerprint density at radius 2 is 2.05 bits per heavy atom. The van der Waals surface area contributed by atoms with Crippen LogP contribution in [-0.2, 0) is 12.0 Å². The Morgan fingerprint density at radius 3 is 2.57 bits per heavy atom. The zero-order valence-electron chi connectivity index (χ0n) is 13.4. The van der Waals surface area contributed by atoms with Crippen molar-refractivity contribution in [3.63, 3.8) is 0 Å². The van der Waals surface area contributed by atoms with Crippen molar-refractivity contribution >= 4 is 17.2 Å². The van der Waals surface area contributed by atoms with E-state index in [0.717, 1.165) is 17.1 Å². The van der Waals surface area contributed by atoms with E-state index in [0.29, 0.717) is 0 Å². The molecule has 0 aliphatic rings. The van der Waals surface area contributed by atoms with Crippen molar-refractivity contribution < 1.29 is 5.11 Å². The van der Waals surface area contributed by atoms with Crippen molar-refractivity contribution in [2.24, 2.45) is 0 Å². The van der Waals surface area contributed by atoms with E-state index in [4.69, 9.17) is 4.98 Å². The van der Waals surface area contributed by atoms with Gasteiger partial charge in [0, 0.05) is 23.0 Å². The molecule has 0 fully saturated rings. The minimum Gasteiger partial charge on any atom is -0.392 e. The quantitative estimate of drug-likeness (QED) is 0.922. The van der Waals surface area contributed by atoms with Gasteiger partial charge in [-0.3, -0.25) is 0 Å². The first kappa shape index (κ1) is 16.0. The Bertz CT molecular complexity index is 587. The Labute approximate surface area is 131 Å². The smallest absolute Gasteiger partial charge is 0.129 e. The van der Waals surface area contributed by atoms with E-state index < -0.39 is 0 Å². The van der Waals surface area contributed by atoms with Gasteiger partial charge in [0.15, 0.2) is 0 Å². The highest BCUT2D eigenvalue weighted by Crippen LogP contribution is 2.30. The van der Waals surface area contributed by atoms with E-state index in [1.807, 2.05) is 12.1 Å². The van der Waals surface area contributed by atoms with Crippen LogP contribution >= 0.6 is 11.3 Å². The second-order valence-corrected chi connectivity index (χ2v) is 7.41. The SMILES string of the molecule is CC(c1cccs1)N(C)c1cc(CO)cc(C(C)(C)C)n1. The number of hydrogen-bond acceptors (Lipinski definition) is 4. The largest absolute Gasteiger partial charge is 0.392 e. The average molecular weight is 304 g/mol. The number of aliphatic hydroxyl groups is 1. The Balaban J connectivity index is 2.38. The molecule has 0 radical (unpaired) electrons. The first-order valence-electron chi connectivity index (χ1n) is 7.21. The summed E-state index contributed by atoms with van der Waals surface area (Å²) in [6, 6.07) is 8.45. The molecule has 2 heterocycles. The molecule has 0 saturated heterocycles. The molecule has 1 unspecified atom stereocenters. The third-order valence-corrected chi connectivity index (χ3v) is 4.76. The van der Waals surface area contributed by atoms with Gasteiger partial charge < -0.3 is 10.0 Å². The summed E-state index contributed by atoms with van der Waals surface area (Å²) < 4.78 is 0. The minimum atomic E-state index is -0.0348. The molecule has 0 amide bonds. The summed E-state index contributed by atoms with van der Waals surface area (Å²) in [4.78, 5) is 8.28. The third kappa shape index (κ3) is 3.63. The molecule has 0 spiro atoms. The van der Waals surface area contributed by atoms with E-state index >= 15 is 0 Å². The van der Waals surface area contributed by atoms with Gasteiger partial charge in [0.05, 0.1) is 12.6 Å². The molecule has 21 heavy (non-hydrogen) atoms. The summed E-state index contributed by atoms with van der Waals surface area (Å²) in [5.41, 5.74) is 1.89. The van der Waals surface area contributed by atoms with E-state index in [9.17, 15) is 5.11 Å². The van der Waals surface area contributed by atoms with E-state index in [2.05, 4.69) is 57.2 Å². The summed E-state index contributed by atoms with van der Waals surface area (Å²) in [6.45, 7) is 8.64. The lowest BCUT2D eigenvalue weighted by molar-refractivity contribution is 0.281. The van der Waals surface area contributed by atoms with Crippen LogP contribution in [0.4, 0.5) is 5.82 Å². The number of nitrogens with zero attached hydrogens (tertiary/aromatic N) is 2. The Hall–Kier alpha value is -1.39. The fraction of sp³-hybridized carbons (Fsp3) is 0.471. The average Bonchev–Trinajstić information content (AvgIpc) is 2.98. The van der Waals surface area contributed by atoms with Crippen LogP contribution in [0.5, 0.6) is 0 Å². The van der Waals surface area contributed by atoms with Crippen LogP contribution in [0.1, 0.15) is 49.9 Å². The second kappa shape index (κ2) is 6.16. The zero-order valence-corrected chi connectivity index (χ0v) is 14.2. The van der Waals surface area contributed by atoms with E-state index in [1.54, 1.807) is 11.3 Å². The molecule has 1 atom stereocenters. The molecule has 0 bridgehead atoms. The summed E-state index contributed by atoms with van der Waals surface area (Å²) >= 11 is 1.75. The lowest BCUT2D eigenvalue weighted by atomic mass is 9.91. The predicted octanol–water partition coefficient (Wildman–Crippen LogP) is 4.13. The number of anilines is 1. The molecule has 2 rings (SSSR count). The van der Waals surface area contributed by atoms with Gasteiger partial charge in [-0.25, -0.2) is 4.98 Å². The summed E-state index contributed by atoms with van der Waals surface area (Å²) in [5, 5.41) is 11.6. The number of aliphatic hydroxyl groups excluding tert-OH is 1. The van der Waals surface area contributed by atoms with Gasteiger partial charge in [0.2, 0.25) is 0 Å². The van der Waals surface area contributed by atoms with E-state index in [-0.39, 0.29) is 18.1 Å². The summed E-state index contributed by atoms with van der Waals surface area (Å²) in [7, 11) is 2.06. The number of pyridine rings is 1. The fourth-order valence-electron chi connectivity index (χ4n) is 2.15. The van der Waals surface area contributed by atoms with Crippen LogP contribution in [-0.4, -0.2) is 17.1 Å². The van der Waals surface area contributed by atoms with Gasteiger partial charge in [-0.05, 0) is 36.1 Å². The molecular formula is C17H24N2OS. The first-order valence-corrected chi connectivity index (χ1v) is 8.09. The fourth-order valence-corrected chi connectivity index (χ4v) is 2.97. The van der Waals surface area contributed by atoms with Crippen molar-refractivity contribution in [1.82, 2.24) is 4.98 Å². The number of hydrogen-bond donors (Lipinski definition) is 1. The second-order valence-electron chi connectivity index (χ2n) is 6.43. The molecule has 4 heteroatoms. The Morgan fingerprint density at radius 1 is 1.33 bits per heavy atom. The zero-order chi connectivity index (χ0) is 15.6. The molecule has 114 valence electrons. The molecule has 0 aromatic carbocycles. The van der Waals surface area contributed by atoms with Gasteiger partial charge in [-0.2, -0.15) is 0 Å². The van der Waals surface area contributed by atoms with Crippen molar-refractivity contribution in [3.8, 4) is 0 Å². The van der Waals surface area contributed by atoms with Crippen LogP contribution in [0, 0.1) is 0 Å². The Kier molecular flexibility index (Phi) is 4.69. The van der Waals surface area contributed by atoms with Crippen LogP contribution in [0.15, 0.2) is 29.6 Å². The van der Waals surface area contributed by atoms with Crippen molar-refractivity contribution in [2.45, 2.75) is 45.8 Å². The lowest BCUT2D eigenvalue weighted by Crippen LogP contribution is -2.24. The van der Waals surface area contributed by atoms with Gasteiger partial charge in [0.25, 0.3) is 0 Å². The standard InChI is InChI=1S/C17H24N2OS/c1-12(14-7-6-8-21-14)19(5)16-10-13(11-20)9-15(18-16)17(2,3)4/h6-10,12,20H,11H2,1-5H3. The molecule has 0 aliphatic carbocycles. The topological polar surface area (TPSA) is 36.4 Å². The number of thiophene rings is 1. The van der Waals surface area contributed by atoms with Crippen LogP contribution < -0.4 is 4.90 Å². The number of aromatic nitrogens is 1. The summed E-state index contributed by atoms with van der Waals surface area (Å²) in [5.74, 6) is 0.910. The van der Waals surface area contributed by atoms with Crippen LogP contribution in [0.25, 0.3) is 0 Å². The van der Waals surface area contributed by atoms with E-state index in [1.165, 1.54) is 4.88 Å². The van der Waals surface area contributed by atoms with Crippen LogP contribution in [0.3, 0.4) is 0 Å². The molecule has 2 aromatic rings. The predicted molar refractivity (Wildman–Crippen MR) is 90.0 cm³/mol. The normalized spacial score (nSPS) is 13.2. The molecule has 3 nitrogen and oxygen atoms in total. The molecule has 1 N–H and O–H groups in total.